The number of aromatic nitrogens is 1. The van der Waals surface area contributed by atoms with Gasteiger partial charge in [0.05, 0.1) is 12.1 Å². The molecule has 4 heteroatoms. The van der Waals surface area contributed by atoms with Crippen LogP contribution in [0, 0.1) is 12.7 Å². The zero-order chi connectivity index (χ0) is 8.43. The molecule has 1 aromatic heterocycles. The molecule has 0 spiro atoms. The molecule has 0 saturated carbocycles. The topological polar surface area (TPSA) is 22.1 Å². The van der Waals surface area contributed by atoms with Gasteiger partial charge < -0.3 is 4.74 Å². The standard InChI is InChI=1S/C7H7ClFNO/c1-4-5(8)3-10-7(11-2)6(4)9/h3H,1-2H3. The average Bonchev–Trinajstić information content (AvgIpc) is 2.01. The zero-order valence-electron chi connectivity index (χ0n) is 6.19. The SMILES string of the molecule is COc1ncc(Cl)c(C)c1F. The lowest BCUT2D eigenvalue weighted by atomic mass is 10.3. The Hall–Kier alpha value is -0.830. The van der Waals surface area contributed by atoms with E-state index in [9.17, 15) is 4.39 Å². The van der Waals surface area contributed by atoms with Gasteiger partial charge in [-0.2, -0.15) is 0 Å². The van der Waals surface area contributed by atoms with Crippen LogP contribution < -0.4 is 4.74 Å². The van der Waals surface area contributed by atoms with Crippen molar-refractivity contribution in [3.8, 4) is 5.88 Å². The molecule has 0 aliphatic heterocycles. The highest BCUT2D eigenvalue weighted by Gasteiger charge is 2.09. The summed E-state index contributed by atoms with van der Waals surface area (Å²) in [5.74, 6) is -0.521. The molecule has 0 aromatic carbocycles. The van der Waals surface area contributed by atoms with Crippen LogP contribution in [-0.4, -0.2) is 12.1 Å². The number of ether oxygens (including phenoxy) is 1. The molecule has 0 unspecified atom stereocenters. The van der Waals surface area contributed by atoms with Gasteiger partial charge in [-0.3, -0.25) is 0 Å². The Balaban J connectivity index is 3.25. The van der Waals surface area contributed by atoms with Crippen molar-refractivity contribution >= 4 is 11.6 Å². The monoisotopic (exact) mass is 175 g/mol. The fourth-order valence-corrected chi connectivity index (χ4v) is 0.808. The number of methoxy groups -OCH3 is 1. The van der Waals surface area contributed by atoms with E-state index in [1.54, 1.807) is 6.92 Å². The summed E-state index contributed by atoms with van der Waals surface area (Å²) in [5, 5.41) is 0.309. The van der Waals surface area contributed by atoms with Crippen LogP contribution >= 0.6 is 11.6 Å². The quantitative estimate of drug-likeness (QED) is 0.653. The van der Waals surface area contributed by atoms with E-state index in [2.05, 4.69) is 9.72 Å². The second-order valence-corrected chi connectivity index (χ2v) is 2.46. The molecule has 0 aliphatic carbocycles. The number of nitrogens with zero attached hydrogens (tertiary/aromatic N) is 1. The molecule has 1 heterocycles. The van der Waals surface area contributed by atoms with E-state index in [0.29, 0.717) is 10.6 Å². The third kappa shape index (κ3) is 1.43. The van der Waals surface area contributed by atoms with Gasteiger partial charge in [0.25, 0.3) is 0 Å². The molecular formula is C7H7ClFNO. The van der Waals surface area contributed by atoms with Crippen molar-refractivity contribution < 1.29 is 9.13 Å². The van der Waals surface area contributed by atoms with E-state index in [1.807, 2.05) is 0 Å². The minimum absolute atomic E-state index is 0.0214. The Morgan fingerprint density at radius 3 is 2.82 bits per heavy atom. The average molecular weight is 176 g/mol. The van der Waals surface area contributed by atoms with Crippen molar-refractivity contribution in [3.63, 3.8) is 0 Å². The molecule has 0 atom stereocenters. The number of hydrogen-bond donors (Lipinski definition) is 0. The van der Waals surface area contributed by atoms with Gasteiger partial charge >= 0.3 is 0 Å². The first-order chi connectivity index (χ1) is 5.16. The van der Waals surface area contributed by atoms with Crippen LogP contribution in [0.2, 0.25) is 5.02 Å². The lowest BCUT2D eigenvalue weighted by Gasteiger charge is -2.03. The highest BCUT2D eigenvalue weighted by molar-refractivity contribution is 6.31. The van der Waals surface area contributed by atoms with E-state index in [1.165, 1.54) is 13.3 Å². The summed E-state index contributed by atoms with van der Waals surface area (Å²) in [5.41, 5.74) is 0.360. The predicted octanol–water partition coefficient (Wildman–Crippen LogP) is 2.19. The number of halogens is 2. The van der Waals surface area contributed by atoms with E-state index < -0.39 is 5.82 Å². The molecule has 0 bridgehead atoms. The first-order valence-electron chi connectivity index (χ1n) is 3.01. The van der Waals surface area contributed by atoms with Crippen LogP contribution in [0.5, 0.6) is 5.88 Å². The van der Waals surface area contributed by atoms with E-state index in [0.717, 1.165) is 0 Å². The number of hydrogen-bond acceptors (Lipinski definition) is 2. The van der Waals surface area contributed by atoms with E-state index in [4.69, 9.17) is 11.6 Å². The van der Waals surface area contributed by atoms with Crippen LogP contribution in [0.1, 0.15) is 5.56 Å². The Kier molecular flexibility index (Phi) is 2.29. The van der Waals surface area contributed by atoms with Gasteiger partial charge in [0.1, 0.15) is 0 Å². The highest BCUT2D eigenvalue weighted by Crippen LogP contribution is 2.22. The van der Waals surface area contributed by atoms with Crippen molar-refractivity contribution in [1.29, 1.82) is 0 Å². The van der Waals surface area contributed by atoms with Crippen LogP contribution in [-0.2, 0) is 0 Å². The van der Waals surface area contributed by atoms with Crippen LogP contribution in [0.4, 0.5) is 4.39 Å². The fourth-order valence-electron chi connectivity index (χ4n) is 0.676. The normalized spacial score (nSPS) is 9.82. The molecule has 1 aromatic rings. The van der Waals surface area contributed by atoms with Crippen molar-refractivity contribution in [1.82, 2.24) is 4.98 Å². The van der Waals surface area contributed by atoms with Crippen molar-refractivity contribution in [3.05, 3.63) is 22.6 Å². The molecule has 11 heavy (non-hydrogen) atoms. The molecule has 0 aliphatic rings. The summed E-state index contributed by atoms with van der Waals surface area (Å²) in [7, 11) is 1.36. The first kappa shape index (κ1) is 8.27. The van der Waals surface area contributed by atoms with Gasteiger partial charge in [-0.15, -0.1) is 0 Å². The molecule has 0 N–H and O–H groups in total. The van der Waals surface area contributed by atoms with Crippen LogP contribution in [0.25, 0.3) is 0 Å². The lowest BCUT2D eigenvalue weighted by molar-refractivity contribution is 0.367. The molecule has 0 amide bonds. The molecule has 0 saturated heterocycles. The van der Waals surface area contributed by atoms with Crippen molar-refractivity contribution in [2.45, 2.75) is 6.92 Å². The molecule has 0 fully saturated rings. The molecule has 1 rings (SSSR count). The summed E-state index contributed by atoms with van der Waals surface area (Å²) >= 11 is 5.58. The molecule has 60 valence electrons. The largest absolute Gasteiger partial charge is 0.479 e. The van der Waals surface area contributed by atoms with Gasteiger partial charge in [-0.25, -0.2) is 9.37 Å². The summed E-state index contributed by atoms with van der Waals surface area (Å²) in [4.78, 5) is 3.63. The maximum atomic E-state index is 13.0. The van der Waals surface area contributed by atoms with Crippen LogP contribution in [0.3, 0.4) is 0 Å². The number of rotatable bonds is 1. The second kappa shape index (κ2) is 3.05. The summed E-state index contributed by atoms with van der Waals surface area (Å²) in [6.07, 6.45) is 1.36. The maximum absolute atomic E-state index is 13.0. The Bertz CT molecular complexity index is 277. The van der Waals surface area contributed by atoms with Crippen molar-refractivity contribution in [2.24, 2.45) is 0 Å². The van der Waals surface area contributed by atoms with Crippen molar-refractivity contribution in [2.75, 3.05) is 7.11 Å². The fraction of sp³-hybridized carbons (Fsp3) is 0.286. The summed E-state index contributed by atoms with van der Waals surface area (Å²) in [6, 6.07) is 0. The highest BCUT2D eigenvalue weighted by atomic mass is 35.5. The molecule has 0 radical (unpaired) electrons. The van der Waals surface area contributed by atoms with Gasteiger partial charge in [-0.1, -0.05) is 11.6 Å². The Morgan fingerprint density at radius 1 is 1.64 bits per heavy atom. The lowest BCUT2D eigenvalue weighted by Crippen LogP contribution is -1.94. The molecule has 2 nitrogen and oxygen atoms in total. The number of pyridine rings is 1. The third-order valence-electron chi connectivity index (χ3n) is 1.36. The first-order valence-corrected chi connectivity index (χ1v) is 3.39. The predicted molar refractivity (Wildman–Crippen MR) is 40.5 cm³/mol. The van der Waals surface area contributed by atoms with Gasteiger partial charge in [-0.05, 0) is 6.92 Å². The van der Waals surface area contributed by atoms with Crippen LogP contribution in [0.15, 0.2) is 6.20 Å². The summed E-state index contributed by atoms with van der Waals surface area (Å²) in [6.45, 7) is 1.57. The molecular weight excluding hydrogens is 169 g/mol. The smallest absolute Gasteiger partial charge is 0.250 e. The second-order valence-electron chi connectivity index (χ2n) is 2.05. The van der Waals surface area contributed by atoms with Gasteiger partial charge in [0.15, 0.2) is 5.82 Å². The minimum Gasteiger partial charge on any atom is -0.479 e. The minimum atomic E-state index is -0.500. The van der Waals surface area contributed by atoms with E-state index >= 15 is 0 Å². The summed E-state index contributed by atoms with van der Waals surface area (Å²) < 4.78 is 17.6. The van der Waals surface area contributed by atoms with Gasteiger partial charge in [0, 0.05) is 11.8 Å². The Morgan fingerprint density at radius 2 is 2.27 bits per heavy atom. The zero-order valence-corrected chi connectivity index (χ0v) is 6.94. The Labute approximate surface area is 69.0 Å². The third-order valence-corrected chi connectivity index (χ3v) is 1.74. The van der Waals surface area contributed by atoms with E-state index in [-0.39, 0.29) is 5.88 Å². The maximum Gasteiger partial charge on any atom is 0.250 e. The van der Waals surface area contributed by atoms with Gasteiger partial charge in [0.2, 0.25) is 5.88 Å².